The number of nitrogens with zero attached hydrogens (tertiary/aromatic N) is 4. The van der Waals surface area contributed by atoms with Gasteiger partial charge in [0.15, 0.2) is 10.8 Å². The molecule has 1 amide bonds. The molecule has 0 atom stereocenters. The van der Waals surface area contributed by atoms with Crippen molar-refractivity contribution in [2.75, 3.05) is 44.5 Å². The quantitative estimate of drug-likeness (QED) is 0.250. The number of carbonyl (C=O) groups excluding carboxylic acids is 1. The van der Waals surface area contributed by atoms with Crippen LogP contribution in [0.15, 0.2) is 35.6 Å². The second kappa shape index (κ2) is 11.5. The van der Waals surface area contributed by atoms with Gasteiger partial charge in [-0.25, -0.2) is 14.6 Å². The van der Waals surface area contributed by atoms with Crippen LogP contribution < -0.4 is 15.4 Å². The lowest BCUT2D eigenvalue weighted by Gasteiger charge is -2.10. The standard InChI is InChI=1S/C21H28N6O3S/c1-4-30-13-11-22-18-16-14-24-27(19(16)26-21(25-18)31-5-2)12-10-23-20(28)15-8-6-7-9-17(15)29-3/h6-9,14H,4-5,10-13H2,1-3H3,(H,23,28)(H,22,25,26). The number of ether oxygens (including phenoxy) is 2. The first kappa shape index (κ1) is 22.8. The Bertz CT molecular complexity index is 1010. The Balaban J connectivity index is 1.71. The summed E-state index contributed by atoms with van der Waals surface area (Å²) in [5.41, 5.74) is 1.23. The zero-order valence-electron chi connectivity index (χ0n) is 18.1. The first-order valence-corrected chi connectivity index (χ1v) is 11.3. The lowest BCUT2D eigenvalue weighted by molar-refractivity contribution is 0.0949. The van der Waals surface area contributed by atoms with E-state index in [0.717, 1.165) is 22.6 Å². The summed E-state index contributed by atoms with van der Waals surface area (Å²) in [6.45, 7) is 6.84. The number of carbonyl (C=O) groups is 1. The van der Waals surface area contributed by atoms with Crippen molar-refractivity contribution in [2.45, 2.75) is 25.5 Å². The van der Waals surface area contributed by atoms with E-state index >= 15 is 0 Å². The number of rotatable bonds is 12. The normalized spacial score (nSPS) is 10.9. The summed E-state index contributed by atoms with van der Waals surface area (Å²) in [4.78, 5) is 21.8. The molecule has 2 N–H and O–H groups in total. The Morgan fingerprint density at radius 3 is 2.81 bits per heavy atom. The maximum absolute atomic E-state index is 12.5. The Morgan fingerprint density at radius 1 is 1.19 bits per heavy atom. The molecule has 0 fully saturated rings. The minimum absolute atomic E-state index is 0.191. The fourth-order valence-electron chi connectivity index (χ4n) is 3.02. The van der Waals surface area contributed by atoms with Crippen LogP contribution >= 0.6 is 11.8 Å². The third-order valence-electron chi connectivity index (χ3n) is 4.45. The van der Waals surface area contributed by atoms with Crippen molar-refractivity contribution in [1.82, 2.24) is 25.1 Å². The molecule has 9 nitrogen and oxygen atoms in total. The minimum Gasteiger partial charge on any atom is -0.496 e. The highest BCUT2D eigenvalue weighted by Gasteiger charge is 2.14. The first-order chi connectivity index (χ1) is 15.2. The molecule has 0 unspecified atom stereocenters. The predicted octanol–water partition coefficient (Wildman–Crippen LogP) is 2.83. The van der Waals surface area contributed by atoms with Gasteiger partial charge in [-0.15, -0.1) is 0 Å². The van der Waals surface area contributed by atoms with Crippen molar-refractivity contribution in [2.24, 2.45) is 0 Å². The van der Waals surface area contributed by atoms with E-state index in [1.165, 1.54) is 0 Å². The summed E-state index contributed by atoms with van der Waals surface area (Å²) in [7, 11) is 1.55. The number of fused-ring (bicyclic) bond motifs is 1. The Kier molecular flexibility index (Phi) is 8.48. The Morgan fingerprint density at radius 2 is 2.03 bits per heavy atom. The SMILES string of the molecule is CCOCCNc1nc(SCC)nc2c1cnn2CCNC(=O)c1ccccc1OC. The summed E-state index contributed by atoms with van der Waals surface area (Å²) >= 11 is 1.57. The van der Waals surface area contributed by atoms with Gasteiger partial charge >= 0.3 is 0 Å². The number of hydrogen-bond donors (Lipinski definition) is 2. The van der Waals surface area contributed by atoms with Crippen molar-refractivity contribution in [3.63, 3.8) is 0 Å². The average Bonchev–Trinajstić information content (AvgIpc) is 3.19. The number of para-hydroxylation sites is 1. The fourth-order valence-corrected chi connectivity index (χ4v) is 3.58. The molecule has 0 radical (unpaired) electrons. The van der Waals surface area contributed by atoms with Gasteiger partial charge in [-0.3, -0.25) is 4.79 Å². The van der Waals surface area contributed by atoms with Gasteiger partial charge < -0.3 is 20.1 Å². The number of hydrogen-bond acceptors (Lipinski definition) is 8. The lowest BCUT2D eigenvalue weighted by atomic mass is 10.2. The number of anilines is 1. The number of amides is 1. The molecule has 2 aromatic heterocycles. The molecule has 166 valence electrons. The number of aromatic nitrogens is 4. The molecule has 0 saturated carbocycles. The summed E-state index contributed by atoms with van der Waals surface area (Å²) in [6.07, 6.45) is 1.75. The van der Waals surface area contributed by atoms with Crippen LogP contribution in [0.2, 0.25) is 0 Å². The van der Waals surface area contributed by atoms with Crippen LogP contribution in [0.1, 0.15) is 24.2 Å². The molecule has 0 spiro atoms. The maximum atomic E-state index is 12.5. The van der Waals surface area contributed by atoms with E-state index < -0.39 is 0 Å². The number of methoxy groups -OCH3 is 1. The van der Waals surface area contributed by atoms with E-state index in [9.17, 15) is 4.79 Å². The monoisotopic (exact) mass is 444 g/mol. The van der Waals surface area contributed by atoms with Crippen LogP contribution in [0.5, 0.6) is 5.75 Å². The molecule has 10 heteroatoms. The molecule has 0 bridgehead atoms. The van der Waals surface area contributed by atoms with Gasteiger partial charge in [-0.2, -0.15) is 5.10 Å². The highest BCUT2D eigenvalue weighted by atomic mass is 32.2. The van der Waals surface area contributed by atoms with Crippen molar-refractivity contribution in [1.29, 1.82) is 0 Å². The topological polar surface area (TPSA) is 103 Å². The molecule has 0 saturated heterocycles. The molecular formula is C21H28N6O3S. The predicted molar refractivity (Wildman–Crippen MR) is 122 cm³/mol. The van der Waals surface area contributed by atoms with Gasteiger partial charge in [-0.05, 0) is 24.8 Å². The summed E-state index contributed by atoms with van der Waals surface area (Å²) in [6, 6.07) is 7.14. The van der Waals surface area contributed by atoms with Crippen LogP contribution in [0.3, 0.4) is 0 Å². The van der Waals surface area contributed by atoms with Gasteiger partial charge in [0.2, 0.25) is 0 Å². The van der Waals surface area contributed by atoms with Gasteiger partial charge in [0.1, 0.15) is 11.6 Å². The molecular weight excluding hydrogens is 416 g/mol. The second-order valence-electron chi connectivity index (χ2n) is 6.47. The van der Waals surface area contributed by atoms with Crippen LogP contribution in [0.4, 0.5) is 5.82 Å². The first-order valence-electron chi connectivity index (χ1n) is 10.3. The van der Waals surface area contributed by atoms with Gasteiger partial charge in [0, 0.05) is 19.7 Å². The third kappa shape index (κ3) is 5.86. The van der Waals surface area contributed by atoms with E-state index in [0.29, 0.717) is 49.3 Å². The number of nitrogens with one attached hydrogen (secondary N) is 2. The molecule has 0 aliphatic carbocycles. The molecule has 31 heavy (non-hydrogen) atoms. The van der Waals surface area contributed by atoms with Crippen molar-refractivity contribution >= 4 is 34.5 Å². The van der Waals surface area contributed by atoms with Crippen LogP contribution in [0.25, 0.3) is 11.0 Å². The summed E-state index contributed by atoms with van der Waals surface area (Å²) < 4.78 is 12.4. The van der Waals surface area contributed by atoms with Gasteiger partial charge in [0.25, 0.3) is 5.91 Å². The van der Waals surface area contributed by atoms with E-state index in [-0.39, 0.29) is 5.91 Å². The van der Waals surface area contributed by atoms with Crippen molar-refractivity contribution < 1.29 is 14.3 Å². The summed E-state index contributed by atoms with van der Waals surface area (Å²) in [5, 5.41) is 12.2. The van der Waals surface area contributed by atoms with Crippen LogP contribution in [-0.2, 0) is 11.3 Å². The maximum Gasteiger partial charge on any atom is 0.255 e. The van der Waals surface area contributed by atoms with Gasteiger partial charge in [-0.1, -0.05) is 30.8 Å². The zero-order chi connectivity index (χ0) is 22.1. The largest absolute Gasteiger partial charge is 0.496 e. The van der Waals surface area contributed by atoms with Crippen LogP contribution in [-0.4, -0.2) is 64.8 Å². The summed E-state index contributed by atoms with van der Waals surface area (Å²) in [5.74, 6) is 1.96. The highest BCUT2D eigenvalue weighted by Crippen LogP contribution is 2.24. The smallest absolute Gasteiger partial charge is 0.255 e. The highest BCUT2D eigenvalue weighted by molar-refractivity contribution is 7.99. The average molecular weight is 445 g/mol. The van der Waals surface area contributed by atoms with E-state index in [1.54, 1.807) is 41.9 Å². The molecule has 3 rings (SSSR count). The Labute approximate surface area is 185 Å². The zero-order valence-corrected chi connectivity index (χ0v) is 18.9. The van der Waals surface area contributed by atoms with Gasteiger partial charge in [0.05, 0.1) is 37.4 Å². The van der Waals surface area contributed by atoms with E-state index in [1.807, 2.05) is 19.1 Å². The lowest BCUT2D eigenvalue weighted by Crippen LogP contribution is -2.28. The number of thioether (sulfide) groups is 1. The Hall–Kier alpha value is -2.85. The minimum atomic E-state index is -0.191. The van der Waals surface area contributed by atoms with Crippen molar-refractivity contribution in [3.8, 4) is 5.75 Å². The van der Waals surface area contributed by atoms with Crippen LogP contribution in [0, 0.1) is 0 Å². The van der Waals surface area contributed by atoms with Crippen molar-refractivity contribution in [3.05, 3.63) is 36.0 Å². The molecule has 1 aromatic carbocycles. The second-order valence-corrected chi connectivity index (χ2v) is 7.70. The third-order valence-corrected chi connectivity index (χ3v) is 5.18. The molecule has 2 heterocycles. The van der Waals surface area contributed by atoms with E-state index in [4.69, 9.17) is 9.47 Å². The number of benzene rings is 1. The van der Waals surface area contributed by atoms with E-state index in [2.05, 4.69) is 32.6 Å². The molecule has 0 aliphatic rings. The fraction of sp³-hybridized carbons (Fsp3) is 0.429. The molecule has 0 aliphatic heterocycles. The molecule has 3 aromatic rings.